The van der Waals surface area contributed by atoms with E-state index in [1.54, 1.807) is 0 Å². The first-order valence-corrected chi connectivity index (χ1v) is 11.1. The van der Waals surface area contributed by atoms with Crippen LogP contribution >= 0.6 is 23.8 Å². The fourth-order valence-corrected chi connectivity index (χ4v) is 4.33. The third-order valence-corrected chi connectivity index (χ3v) is 6.20. The number of aromatic nitrogens is 5. The van der Waals surface area contributed by atoms with Gasteiger partial charge in [-0.2, -0.15) is 5.10 Å². The second-order valence-electron chi connectivity index (χ2n) is 7.57. The smallest absolute Gasteiger partial charge is 0.195 e. The number of morpholine rings is 1. The molecule has 0 unspecified atom stereocenters. The van der Waals surface area contributed by atoms with Crippen LogP contribution in [0.3, 0.4) is 0 Å². The van der Waals surface area contributed by atoms with Crippen LogP contribution in [-0.2, 0) is 17.8 Å². The molecule has 4 aromatic rings. The van der Waals surface area contributed by atoms with E-state index in [9.17, 15) is 0 Å². The van der Waals surface area contributed by atoms with E-state index in [2.05, 4.69) is 30.3 Å². The summed E-state index contributed by atoms with van der Waals surface area (Å²) in [5.74, 6) is 1.77. The van der Waals surface area contributed by atoms with Crippen LogP contribution < -0.4 is 0 Å². The van der Waals surface area contributed by atoms with Crippen LogP contribution in [0, 0.1) is 4.77 Å². The van der Waals surface area contributed by atoms with Gasteiger partial charge < -0.3 is 13.9 Å². The maximum atomic E-state index is 6.10. The predicted octanol–water partition coefficient (Wildman–Crippen LogP) is 3.99. The Morgan fingerprint density at radius 2 is 1.77 bits per heavy atom. The van der Waals surface area contributed by atoms with Gasteiger partial charge >= 0.3 is 0 Å². The highest BCUT2D eigenvalue weighted by molar-refractivity contribution is 7.71. The maximum Gasteiger partial charge on any atom is 0.195 e. The number of imidazole rings is 1. The zero-order chi connectivity index (χ0) is 21.2. The van der Waals surface area contributed by atoms with Crippen molar-refractivity contribution >= 4 is 34.9 Å². The zero-order valence-corrected chi connectivity index (χ0v) is 18.6. The van der Waals surface area contributed by atoms with E-state index in [1.165, 1.54) is 0 Å². The molecule has 9 heteroatoms. The van der Waals surface area contributed by atoms with E-state index in [1.807, 2.05) is 42.5 Å². The largest absolute Gasteiger partial charge is 0.379 e. The van der Waals surface area contributed by atoms with Gasteiger partial charge in [-0.05, 0) is 48.6 Å². The van der Waals surface area contributed by atoms with Gasteiger partial charge in [0.1, 0.15) is 5.82 Å². The van der Waals surface area contributed by atoms with Gasteiger partial charge in [-0.1, -0.05) is 23.7 Å². The SMILES string of the molecule is S=c1[nH]nc(Cn2c(-c3ccc(Cl)cc3)nc3ccccc32)n1CCN1CCOCC1. The summed E-state index contributed by atoms with van der Waals surface area (Å²) in [6.07, 6.45) is 0. The summed E-state index contributed by atoms with van der Waals surface area (Å²) in [5.41, 5.74) is 3.01. The van der Waals surface area contributed by atoms with Crippen LogP contribution in [0.15, 0.2) is 48.5 Å². The Labute approximate surface area is 190 Å². The maximum absolute atomic E-state index is 6.10. The van der Waals surface area contributed by atoms with E-state index in [4.69, 9.17) is 33.5 Å². The van der Waals surface area contributed by atoms with Crippen molar-refractivity contribution in [3.63, 3.8) is 0 Å². The molecule has 0 amide bonds. The van der Waals surface area contributed by atoms with Gasteiger partial charge in [-0.25, -0.2) is 4.98 Å². The number of fused-ring (bicyclic) bond motifs is 1. The zero-order valence-electron chi connectivity index (χ0n) is 17.0. The van der Waals surface area contributed by atoms with Crippen molar-refractivity contribution in [2.45, 2.75) is 13.1 Å². The summed E-state index contributed by atoms with van der Waals surface area (Å²) in [6, 6.07) is 15.9. The lowest BCUT2D eigenvalue weighted by Gasteiger charge is -2.26. The summed E-state index contributed by atoms with van der Waals surface area (Å²) >= 11 is 11.6. The first kappa shape index (κ1) is 20.4. The number of halogens is 1. The molecular formula is C22H23ClN6OS. The van der Waals surface area contributed by atoms with E-state index >= 15 is 0 Å². The molecule has 1 aliphatic heterocycles. The molecule has 7 nitrogen and oxygen atoms in total. The first-order valence-electron chi connectivity index (χ1n) is 10.3. The Balaban J connectivity index is 1.49. The third kappa shape index (κ3) is 4.29. The summed E-state index contributed by atoms with van der Waals surface area (Å²) in [4.78, 5) is 7.29. The van der Waals surface area contributed by atoms with Gasteiger partial charge in [-0.3, -0.25) is 10.00 Å². The standard InChI is InChI=1S/C22H23ClN6OS/c23-17-7-5-16(6-8-17)21-24-18-3-1-2-4-19(18)29(21)15-20-25-26-22(31)28(20)10-9-27-11-13-30-14-12-27/h1-8H,9-15H2,(H,26,31). The number of aromatic amines is 1. The van der Waals surface area contributed by atoms with Crippen molar-refractivity contribution in [3.05, 3.63) is 64.1 Å². The molecule has 160 valence electrons. The highest BCUT2D eigenvalue weighted by Crippen LogP contribution is 2.26. The van der Waals surface area contributed by atoms with Gasteiger partial charge in [0.25, 0.3) is 0 Å². The Hall–Kier alpha value is -2.52. The van der Waals surface area contributed by atoms with Crippen molar-refractivity contribution in [3.8, 4) is 11.4 Å². The fourth-order valence-electron chi connectivity index (χ4n) is 3.96. The van der Waals surface area contributed by atoms with Crippen molar-refractivity contribution < 1.29 is 4.74 Å². The van der Waals surface area contributed by atoms with Gasteiger partial charge in [0.15, 0.2) is 10.6 Å². The minimum absolute atomic E-state index is 0.564. The van der Waals surface area contributed by atoms with Crippen molar-refractivity contribution in [2.24, 2.45) is 0 Å². The number of hydrogen-bond donors (Lipinski definition) is 1. The van der Waals surface area contributed by atoms with Crippen molar-refractivity contribution in [2.75, 3.05) is 32.8 Å². The average Bonchev–Trinajstić information content (AvgIpc) is 3.34. The topological polar surface area (TPSA) is 63.9 Å². The van der Waals surface area contributed by atoms with Crippen LogP contribution in [-0.4, -0.2) is 62.1 Å². The van der Waals surface area contributed by atoms with Crippen LogP contribution in [0.5, 0.6) is 0 Å². The molecule has 1 fully saturated rings. The minimum Gasteiger partial charge on any atom is -0.379 e. The molecule has 3 heterocycles. The summed E-state index contributed by atoms with van der Waals surface area (Å²) in [7, 11) is 0. The molecule has 0 atom stereocenters. The Kier molecular flexibility index (Phi) is 5.87. The van der Waals surface area contributed by atoms with Crippen molar-refractivity contribution in [1.29, 1.82) is 0 Å². The second-order valence-corrected chi connectivity index (χ2v) is 8.39. The fraction of sp³-hybridized carbons (Fsp3) is 0.318. The normalized spacial score (nSPS) is 15.0. The number of ether oxygens (including phenoxy) is 1. The van der Waals surface area contributed by atoms with Gasteiger partial charge in [0.2, 0.25) is 0 Å². The number of para-hydroxylation sites is 2. The number of nitrogens with one attached hydrogen (secondary N) is 1. The van der Waals surface area contributed by atoms with Crippen LogP contribution in [0.1, 0.15) is 5.82 Å². The molecule has 2 aromatic heterocycles. The number of hydrogen-bond acceptors (Lipinski definition) is 5. The molecule has 0 spiro atoms. The van der Waals surface area contributed by atoms with Gasteiger partial charge in [-0.15, -0.1) is 0 Å². The van der Waals surface area contributed by atoms with E-state index in [-0.39, 0.29) is 0 Å². The molecule has 31 heavy (non-hydrogen) atoms. The average molecular weight is 455 g/mol. The summed E-state index contributed by atoms with van der Waals surface area (Å²) in [6.45, 7) is 5.74. The number of rotatable bonds is 6. The quantitative estimate of drug-likeness (QED) is 0.446. The molecule has 0 radical (unpaired) electrons. The third-order valence-electron chi connectivity index (χ3n) is 5.64. The molecule has 1 saturated heterocycles. The molecule has 5 rings (SSSR count). The first-order chi connectivity index (χ1) is 15.2. The Morgan fingerprint density at radius 3 is 2.58 bits per heavy atom. The molecule has 1 N–H and O–H groups in total. The van der Waals surface area contributed by atoms with Crippen LogP contribution in [0.25, 0.3) is 22.4 Å². The van der Waals surface area contributed by atoms with E-state index < -0.39 is 0 Å². The lowest BCUT2D eigenvalue weighted by atomic mass is 10.2. The lowest BCUT2D eigenvalue weighted by molar-refractivity contribution is 0.0362. The minimum atomic E-state index is 0.564. The molecular weight excluding hydrogens is 432 g/mol. The van der Waals surface area contributed by atoms with Crippen molar-refractivity contribution in [1.82, 2.24) is 29.2 Å². The van der Waals surface area contributed by atoms with Crippen LogP contribution in [0.4, 0.5) is 0 Å². The number of nitrogens with zero attached hydrogens (tertiary/aromatic N) is 5. The Bertz CT molecular complexity index is 1240. The summed E-state index contributed by atoms with van der Waals surface area (Å²) < 4.78 is 10.4. The van der Waals surface area contributed by atoms with E-state index in [0.29, 0.717) is 16.3 Å². The highest BCUT2D eigenvalue weighted by Gasteiger charge is 2.17. The highest BCUT2D eigenvalue weighted by atomic mass is 35.5. The molecule has 1 aliphatic rings. The van der Waals surface area contributed by atoms with Gasteiger partial charge in [0.05, 0.1) is 30.8 Å². The van der Waals surface area contributed by atoms with E-state index in [0.717, 1.165) is 67.6 Å². The molecule has 0 bridgehead atoms. The predicted molar refractivity (Wildman–Crippen MR) is 124 cm³/mol. The second kappa shape index (κ2) is 8.92. The summed E-state index contributed by atoms with van der Waals surface area (Å²) in [5, 5.41) is 8.22. The van der Waals surface area contributed by atoms with Gasteiger partial charge in [0, 0.05) is 36.8 Å². The number of benzene rings is 2. The van der Waals surface area contributed by atoms with Crippen LogP contribution in [0.2, 0.25) is 5.02 Å². The monoisotopic (exact) mass is 454 g/mol. The Morgan fingerprint density at radius 1 is 1.00 bits per heavy atom. The number of H-pyrrole nitrogens is 1. The molecule has 0 saturated carbocycles. The lowest BCUT2D eigenvalue weighted by Crippen LogP contribution is -2.38. The molecule has 0 aliphatic carbocycles. The molecule has 2 aromatic carbocycles.